The van der Waals surface area contributed by atoms with Crippen molar-refractivity contribution < 1.29 is 23.8 Å². The van der Waals surface area contributed by atoms with E-state index in [0.717, 1.165) is 37.7 Å². The first-order valence-electron chi connectivity index (χ1n) is 14.1. The van der Waals surface area contributed by atoms with Crippen LogP contribution in [0.1, 0.15) is 49.7 Å². The molecule has 0 saturated heterocycles. The number of rotatable bonds is 3. The summed E-state index contributed by atoms with van der Waals surface area (Å²) in [6.07, 6.45) is 7.11. The maximum Gasteiger partial charge on any atom is 0.193 e. The zero-order valence-electron chi connectivity index (χ0n) is 23.6. The summed E-state index contributed by atoms with van der Waals surface area (Å²) in [5.74, 6) is 3.61. The first-order valence-corrected chi connectivity index (χ1v) is 14.1. The number of fused-ring (bicyclic) bond motifs is 6. The van der Waals surface area contributed by atoms with E-state index >= 15 is 0 Å². The monoisotopic (exact) mass is 550 g/mol. The molecule has 6 heteroatoms. The Hall–Kier alpha value is -4.32. The molecule has 4 aromatic rings. The van der Waals surface area contributed by atoms with Gasteiger partial charge in [-0.1, -0.05) is 36.8 Å². The van der Waals surface area contributed by atoms with Crippen molar-refractivity contribution in [2.45, 2.75) is 44.9 Å². The van der Waals surface area contributed by atoms with Crippen molar-refractivity contribution in [3.05, 3.63) is 99.7 Å². The Balaban J connectivity index is 0.000000148. The second kappa shape index (κ2) is 10.6. The minimum absolute atomic E-state index is 0.0864. The molecule has 1 aromatic heterocycles. The van der Waals surface area contributed by atoms with Crippen LogP contribution in [0, 0.1) is 11.3 Å². The number of Topliss-reactive ketones (excluding diaryl/α,β-unsaturated/α-hetero) is 1. The summed E-state index contributed by atoms with van der Waals surface area (Å²) < 4.78 is 16.2. The molecular formula is C35H34O6. The number of carbonyl (C=O) groups excluding carboxylic acids is 1. The normalized spacial score (nSPS) is 22.5. The van der Waals surface area contributed by atoms with Gasteiger partial charge in [0.1, 0.15) is 34.4 Å². The van der Waals surface area contributed by atoms with E-state index < -0.39 is 0 Å². The van der Waals surface area contributed by atoms with Gasteiger partial charge in [-0.15, -0.1) is 0 Å². The topological polar surface area (TPSA) is 86.0 Å². The number of hydrogen-bond acceptors (Lipinski definition) is 6. The van der Waals surface area contributed by atoms with E-state index in [2.05, 4.69) is 19.1 Å². The van der Waals surface area contributed by atoms with E-state index in [9.17, 15) is 14.7 Å². The highest BCUT2D eigenvalue weighted by atomic mass is 16.5. The smallest absolute Gasteiger partial charge is 0.193 e. The van der Waals surface area contributed by atoms with E-state index in [1.54, 1.807) is 38.5 Å². The highest BCUT2D eigenvalue weighted by Crippen LogP contribution is 2.57. The van der Waals surface area contributed by atoms with Crippen molar-refractivity contribution in [2.24, 2.45) is 11.3 Å². The third-order valence-electron chi connectivity index (χ3n) is 9.17. The van der Waals surface area contributed by atoms with Crippen LogP contribution in [0.3, 0.4) is 0 Å². The number of ketones is 1. The fourth-order valence-electron chi connectivity index (χ4n) is 6.91. The van der Waals surface area contributed by atoms with E-state index in [1.165, 1.54) is 22.8 Å². The number of benzene rings is 3. The molecule has 0 spiro atoms. The van der Waals surface area contributed by atoms with Crippen LogP contribution >= 0.6 is 0 Å². The third-order valence-corrected chi connectivity index (χ3v) is 9.17. The van der Waals surface area contributed by atoms with Crippen LogP contribution < -0.4 is 14.9 Å². The number of ether oxygens (including phenoxy) is 2. The van der Waals surface area contributed by atoms with Crippen molar-refractivity contribution in [3.8, 4) is 28.6 Å². The lowest BCUT2D eigenvalue weighted by Crippen LogP contribution is -2.37. The number of phenolic OH excluding ortho intramolecular Hbond substituents is 1. The minimum atomic E-state index is -0.100. The molecule has 1 N–H and O–H groups in total. The molecule has 210 valence electrons. The molecule has 3 unspecified atom stereocenters. The summed E-state index contributed by atoms with van der Waals surface area (Å²) in [7, 11) is 3.17. The van der Waals surface area contributed by atoms with Crippen molar-refractivity contribution >= 4 is 16.8 Å². The lowest BCUT2D eigenvalue weighted by molar-refractivity contribution is -0.126. The van der Waals surface area contributed by atoms with Crippen molar-refractivity contribution in [3.63, 3.8) is 0 Å². The lowest BCUT2D eigenvalue weighted by Gasteiger charge is -2.43. The number of methoxy groups -OCH3 is 2. The van der Waals surface area contributed by atoms with Gasteiger partial charge in [0.15, 0.2) is 5.43 Å². The van der Waals surface area contributed by atoms with Crippen molar-refractivity contribution in [1.82, 2.24) is 0 Å². The highest BCUT2D eigenvalue weighted by molar-refractivity contribution is 5.88. The molecule has 6 nitrogen and oxygen atoms in total. The zero-order valence-corrected chi connectivity index (χ0v) is 23.6. The Morgan fingerprint density at radius 3 is 2.54 bits per heavy atom. The van der Waals surface area contributed by atoms with Gasteiger partial charge in [0.25, 0.3) is 0 Å². The summed E-state index contributed by atoms with van der Waals surface area (Å²) >= 11 is 0. The Labute approximate surface area is 239 Å². The average Bonchev–Trinajstić information content (AvgIpc) is 3.30. The summed E-state index contributed by atoms with van der Waals surface area (Å²) in [5.41, 5.74) is 5.24. The van der Waals surface area contributed by atoms with Crippen LogP contribution in [0.15, 0.2) is 87.6 Å². The molecule has 3 aliphatic rings. The Kier molecular flexibility index (Phi) is 6.94. The Morgan fingerprint density at radius 1 is 0.927 bits per heavy atom. The molecule has 0 radical (unpaired) electrons. The van der Waals surface area contributed by atoms with Crippen LogP contribution in [0.5, 0.6) is 17.2 Å². The fraction of sp³-hybridized carbons (Fsp3) is 0.314. The van der Waals surface area contributed by atoms with E-state index in [-0.39, 0.29) is 10.8 Å². The summed E-state index contributed by atoms with van der Waals surface area (Å²) in [5, 5.41) is 10.2. The number of phenols is 1. The number of aromatic hydroxyl groups is 1. The van der Waals surface area contributed by atoms with Crippen molar-refractivity contribution in [1.29, 1.82) is 0 Å². The Bertz CT molecular complexity index is 1730. The number of hydrogen-bond donors (Lipinski definition) is 1. The molecule has 0 aliphatic heterocycles. The molecular weight excluding hydrogens is 516 g/mol. The molecule has 1 heterocycles. The molecule has 3 aliphatic carbocycles. The van der Waals surface area contributed by atoms with Gasteiger partial charge in [0, 0.05) is 35.4 Å². The maximum absolute atomic E-state index is 12.2. The van der Waals surface area contributed by atoms with Gasteiger partial charge in [0.2, 0.25) is 0 Å². The molecule has 3 aromatic carbocycles. The molecule has 0 bridgehead atoms. The number of carbonyl (C=O) groups is 1. The third kappa shape index (κ3) is 4.82. The van der Waals surface area contributed by atoms with E-state index in [4.69, 9.17) is 13.9 Å². The maximum atomic E-state index is 12.2. The zero-order chi connectivity index (χ0) is 28.7. The van der Waals surface area contributed by atoms with E-state index in [1.807, 2.05) is 30.3 Å². The van der Waals surface area contributed by atoms with Gasteiger partial charge in [-0.25, -0.2) is 0 Å². The second-order valence-electron chi connectivity index (χ2n) is 11.4. The average molecular weight is 551 g/mol. The minimum Gasteiger partial charge on any atom is -0.508 e. The van der Waals surface area contributed by atoms with Crippen LogP contribution in [0.2, 0.25) is 0 Å². The molecule has 3 atom stereocenters. The lowest BCUT2D eigenvalue weighted by atomic mass is 9.60. The van der Waals surface area contributed by atoms with Crippen molar-refractivity contribution in [2.75, 3.05) is 14.2 Å². The standard InChI is InChI=1S/C18H20O2.C17H14O4/c1-18-9-8-14-13-5-3-12(19)10-11(13)2-4-15(14)16(18)6-7-17(18)20;1-19-12-5-3-4-11(8-12)16-10-15(18)14-7-6-13(20-2)9-17(14)21-16/h3-5,10,14,16,19H,2,6-9H2,1H3;3-10H,1-2H3. The van der Waals surface area contributed by atoms with Crippen LogP contribution in [0.4, 0.5) is 0 Å². The molecule has 2 fully saturated rings. The largest absolute Gasteiger partial charge is 0.508 e. The SMILES string of the molecule is CC12CCC3C(=CCc4cc(O)ccc43)C1CCC2=O.COc1cccc(-c2cc(=O)c3ccc(OC)cc3o2)c1. The predicted molar refractivity (Wildman–Crippen MR) is 159 cm³/mol. The number of allylic oxidation sites excluding steroid dienone is 2. The van der Waals surface area contributed by atoms with Gasteiger partial charge in [-0.3, -0.25) is 9.59 Å². The van der Waals surface area contributed by atoms with Gasteiger partial charge < -0.3 is 19.0 Å². The second-order valence-corrected chi connectivity index (χ2v) is 11.4. The van der Waals surface area contributed by atoms with Crippen LogP contribution in [-0.2, 0) is 11.2 Å². The first-order chi connectivity index (χ1) is 19.8. The van der Waals surface area contributed by atoms with Gasteiger partial charge in [-0.05, 0) is 79.1 Å². The van der Waals surface area contributed by atoms with E-state index in [0.29, 0.717) is 51.6 Å². The molecule has 7 rings (SSSR count). The summed E-state index contributed by atoms with van der Waals surface area (Å²) in [6.45, 7) is 2.18. The van der Waals surface area contributed by atoms with Gasteiger partial charge in [0.05, 0.1) is 19.6 Å². The molecule has 0 amide bonds. The molecule has 2 saturated carbocycles. The van der Waals surface area contributed by atoms with Crippen LogP contribution in [0.25, 0.3) is 22.3 Å². The Morgan fingerprint density at radius 2 is 1.73 bits per heavy atom. The summed E-state index contributed by atoms with van der Waals surface area (Å²) in [4.78, 5) is 24.4. The van der Waals surface area contributed by atoms with Gasteiger partial charge in [-0.2, -0.15) is 0 Å². The summed E-state index contributed by atoms with van der Waals surface area (Å²) in [6, 6.07) is 19.8. The molecule has 41 heavy (non-hydrogen) atoms. The van der Waals surface area contributed by atoms with Gasteiger partial charge >= 0.3 is 0 Å². The highest BCUT2D eigenvalue weighted by Gasteiger charge is 2.52. The quantitative estimate of drug-likeness (QED) is 0.271. The first kappa shape index (κ1) is 26.9. The van der Waals surface area contributed by atoms with Crippen LogP contribution in [-0.4, -0.2) is 25.1 Å². The predicted octanol–water partition coefficient (Wildman–Crippen LogP) is 7.21. The fourth-order valence-corrected chi connectivity index (χ4v) is 6.91.